The zero-order valence-corrected chi connectivity index (χ0v) is 11.8. The average Bonchev–Trinajstić information content (AvgIpc) is 2.46. The van der Waals surface area contributed by atoms with Gasteiger partial charge in [-0.05, 0) is 12.1 Å². The molecule has 0 bridgehead atoms. The number of halogens is 2. The Hall–Kier alpha value is -1.78. The molecule has 106 valence electrons. The quantitative estimate of drug-likeness (QED) is 0.937. The van der Waals surface area contributed by atoms with Gasteiger partial charge >= 0.3 is 0 Å². The first-order valence-electron chi connectivity index (χ1n) is 5.93. The van der Waals surface area contributed by atoms with Gasteiger partial charge in [-0.15, -0.1) is 0 Å². The van der Waals surface area contributed by atoms with Crippen LogP contribution in [0.1, 0.15) is 17.2 Å². The normalized spacial score (nSPS) is 12.1. The lowest BCUT2D eigenvalue weighted by Crippen LogP contribution is -2.04. The molecule has 1 N–H and O–H groups in total. The maximum atomic E-state index is 13.7. The van der Waals surface area contributed by atoms with Crippen LogP contribution < -0.4 is 9.47 Å². The zero-order valence-electron chi connectivity index (χ0n) is 11.1. The summed E-state index contributed by atoms with van der Waals surface area (Å²) in [6, 6.07) is 9.20. The van der Waals surface area contributed by atoms with Crippen molar-refractivity contribution in [3.63, 3.8) is 0 Å². The van der Waals surface area contributed by atoms with Gasteiger partial charge in [0.15, 0.2) is 11.5 Å². The maximum absolute atomic E-state index is 13.7. The van der Waals surface area contributed by atoms with E-state index in [0.29, 0.717) is 17.1 Å². The highest BCUT2D eigenvalue weighted by atomic mass is 35.5. The van der Waals surface area contributed by atoms with Gasteiger partial charge in [-0.2, -0.15) is 0 Å². The summed E-state index contributed by atoms with van der Waals surface area (Å²) in [5.41, 5.74) is 0.510. The fourth-order valence-corrected chi connectivity index (χ4v) is 2.32. The zero-order chi connectivity index (χ0) is 14.7. The first kappa shape index (κ1) is 14.6. The minimum atomic E-state index is -1.18. The third-order valence-corrected chi connectivity index (χ3v) is 3.40. The van der Waals surface area contributed by atoms with Crippen LogP contribution in [0.3, 0.4) is 0 Å². The summed E-state index contributed by atoms with van der Waals surface area (Å²) in [4.78, 5) is 0. The number of benzene rings is 2. The van der Waals surface area contributed by atoms with Crippen LogP contribution in [0.15, 0.2) is 36.4 Å². The largest absolute Gasteiger partial charge is 0.493 e. The second-order valence-electron chi connectivity index (χ2n) is 4.13. The topological polar surface area (TPSA) is 38.7 Å². The summed E-state index contributed by atoms with van der Waals surface area (Å²) in [6.07, 6.45) is -1.18. The number of ether oxygens (including phenoxy) is 2. The number of aliphatic hydroxyl groups is 1. The fourth-order valence-electron chi connectivity index (χ4n) is 1.98. The van der Waals surface area contributed by atoms with Gasteiger partial charge in [0.1, 0.15) is 11.9 Å². The number of methoxy groups -OCH3 is 2. The molecule has 0 aliphatic rings. The first-order valence-corrected chi connectivity index (χ1v) is 6.30. The lowest BCUT2D eigenvalue weighted by Gasteiger charge is -2.17. The predicted molar refractivity (Wildman–Crippen MR) is 75.0 cm³/mol. The van der Waals surface area contributed by atoms with E-state index in [0.717, 1.165) is 0 Å². The first-order chi connectivity index (χ1) is 9.60. The smallest absolute Gasteiger partial charge is 0.179 e. The van der Waals surface area contributed by atoms with Crippen molar-refractivity contribution in [2.24, 2.45) is 0 Å². The lowest BCUT2D eigenvalue weighted by molar-refractivity contribution is 0.214. The molecule has 2 rings (SSSR count). The molecule has 0 saturated carbocycles. The molecule has 2 aromatic rings. The molecule has 1 atom stereocenters. The van der Waals surface area contributed by atoms with Crippen LogP contribution in [-0.4, -0.2) is 19.3 Å². The molecule has 20 heavy (non-hydrogen) atoms. The standard InChI is InChI=1S/C15H14ClFO3/c1-19-12-8-7-10(13(16)15(12)20-2)14(18)9-5-3-4-6-11(9)17/h3-8,14,18H,1-2H3. The van der Waals surface area contributed by atoms with Crippen LogP contribution >= 0.6 is 11.6 Å². The van der Waals surface area contributed by atoms with Crippen molar-refractivity contribution in [1.82, 2.24) is 0 Å². The molecule has 0 heterocycles. The summed E-state index contributed by atoms with van der Waals surface area (Å²) >= 11 is 6.20. The Morgan fingerprint density at radius 2 is 1.75 bits per heavy atom. The van der Waals surface area contributed by atoms with Crippen LogP contribution in [-0.2, 0) is 0 Å². The van der Waals surface area contributed by atoms with E-state index < -0.39 is 11.9 Å². The molecule has 0 aliphatic carbocycles. The van der Waals surface area contributed by atoms with Gasteiger partial charge < -0.3 is 14.6 Å². The van der Waals surface area contributed by atoms with Crippen LogP contribution in [0.25, 0.3) is 0 Å². The predicted octanol–water partition coefficient (Wildman–Crippen LogP) is 3.58. The highest BCUT2D eigenvalue weighted by Crippen LogP contribution is 2.41. The molecule has 0 fully saturated rings. The number of aliphatic hydroxyl groups excluding tert-OH is 1. The van der Waals surface area contributed by atoms with Gasteiger partial charge in [0, 0.05) is 11.1 Å². The van der Waals surface area contributed by atoms with Gasteiger partial charge in [0.25, 0.3) is 0 Å². The van der Waals surface area contributed by atoms with Crippen molar-refractivity contribution in [1.29, 1.82) is 0 Å². The molecule has 0 radical (unpaired) electrons. The van der Waals surface area contributed by atoms with E-state index in [1.165, 1.54) is 26.4 Å². The second kappa shape index (κ2) is 6.11. The molecule has 0 saturated heterocycles. The summed E-state index contributed by atoms with van der Waals surface area (Å²) in [7, 11) is 2.93. The van der Waals surface area contributed by atoms with Crippen LogP contribution in [0, 0.1) is 5.82 Å². The second-order valence-corrected chi connectivity index (χ2v) is 4.51. The average molecular weight is 297 g/mol. The van der Waals surface area contributed by atoms with E-state index in [1.807, 2.05) is 0 Å². The summed E-state index contributed by atoms with van der Waals surface area (Å²) in [5.74, 6) is 0.259. The Morgan fingerprint density at radius 3 is 2.35 bits per heavy atom. The Morgan fingerprint density at radius 1 is 1.05 bits per heavy atom. The Bertz CT molecular complexity index is 616. The molecule has 0 spiro atoms. The van der Waals surface area contributed by atoms with E-state index >= 15 is 0 Å². The molecule has 1 unspecified atom stereocenters. The van der Waals surface area contributed by atoms with Crippen molar-refractivity contribution >= 4 is 11.6 Å². The van der Waals surface area contributed by atoms with Gasteiger partial charge in [0.2, 0.25) is 0 Å². The van der Waals surface area contributed by atoms with E-state index in [2.05, 4.69) is 0 Å². The lowest BCUT2D eigenvalue weighted by atomic mass is 10.0. The molecule has 2 aromatic carbocycles. The maximum Gasteiger partial charge on any atom is 0.179 e. The minimum Gasteiger partial charge on any atom is -0.493 e. The number of rotatable bonds is 4. The molecular weight excluding hydrogens is 283 g/mol. The van der Waals surface area contributed by atoms with Gasteiger partial charge in [-0.1, -0.05) is 35.9 Å². The SMILES string of the molecule is COc1ccc(C(O)c2ccccc2F)c(Cl)c1OC. The summed E-state index contributed by atoms with van der Waals surface area (Å²) in [6.45, 7) is 0. The summed E-state index contributed by atoms with van der Waals surface area (Å²) in [5, 5.41) is 10.5. The van der Waals surface area contributed by atoms with E-state index in [4.69, 9.17) is 21.1 Å². The van der Waals surface area contributed by atoms with Crippen LogP contribution in [0.4, 0.5) is 4.39 Å². The third-order valence-electron chi connectivity index (χ3n) is 3.01. The van der Waals surface area contributed by atoms with Crippen molar-refractivity contribution in [3.05, 3.63) is 58.4 Å². The van der Waals surface area contributed by atoms with E-state index in [1.54, 1.807) is 24.3 Å². The Balaban J connectivity index is 2.51. The van der Waals surface area contributed by atoms with Gasteiger partial charge in [0.05, 0.1) is 19.2 Å². The molecule has 0 amide bonds. The van der Waals surface area contributed by atoms with E-state index in [-0.39, 0.29) is 10.6 Å². The van der Waals surface area contributed by atoms with E-state index in [9.17, 15) is 9.50 Å². The van der Waals surface area contributed by atoms with Crippen molar-refractivity contribution in [2.45, 2.75) is 6.10 Å². The van der Waals surface area contributed by atoms with Crippen molar-refractivity contribution in [3.8, 4) is 11.5 Å². The van der Waals surface area contributed by atoms with Gasteiger partial charge in [-0.25, -0.2) is 4.39 Å². The highest BCUT2D eigenvalue weighted by molar-refractivity contribution is 6.33. The number of hydrogen-bond donors (Lipinski definition) is 1. The summed E-state index contributed by atoms with van der Waals surface area (Å²) < 4.78 is 24.0. The van der Waals surface area contributed by atoms with Crippen molar-refractivity contribution < 1.29 is 19.0 Å². The number of hydrogen-bond acceptors (Lipinski definition) is 3. The third kappa shape index (κ3) is 2.57. The molecular formula is C15H14ClFO3. The Kier molecular flexibility index (Phi) is 4.47. The van der Waals surface area contributed by atoms with Crippen molar-refractivity contribution in [2.75, 3.05) is 14.2 Å². The highest BCUT2D eigenvalue weighted by Gasteiger charge is 2.21. The van der Waals surface area contributed by atoms with Crippen LogP contribution in [0.5, 0.6) is 11.5 Å². The molecule has 0 aromatic heterocycles. The van der Waals surface area contributed by atoms with Gasteiger partial charge in [-0.3, -0.25) is 0 Å². The molecule has 0 aliphatic heterocycles. The molecule has 3 nitrogen and oxygen atoms in total. The molecule has 5 heteroatoms. The minimum absolute atomic E-state index is 0.154. The van der Waals surface area contributed by atoms with Crippen LogP contribution in [0.2, 0.25) is 5.02 Å². The fraction of sp³-hybridized carbons (Fsp3) is 0.200. The Labute approximate surface area is 121 Å². The monoisotopic (exact) mass is 296 g/mol.